The van der Waals surface area contributed by atoms with Gasteiger partial charge in [0.25, 0.3) is 0 Å². The summed E-state index contributed by atoms with van der Waals surface area (Å²) in [5.74, 6) is 0. The average molecular weight is 284 g/mol. The van der Waals surface area contributed by atoms with Gasteiger partial charge in [0.1, 0.15) is 0 Å². The smallest absolute Gasteiger partial charge is 0.0641 e. The maximum Gasteiger partial charge on any atom is 0.0641 e. The first-order valence-corrected chi connectivity index (χ1v) is 5.04. The molecule has 0 heterocycles. The third-order valence-corrected chi connectivity index (χ3v) is 2.47. The van der Waals surface area contributed by atoms with Crippen LogP contribution in [0, 0.1) is 14.9 Å². The molecule has 0 bridgehead atoms. The molecule has 0 radical (unpaired) electrons. The minimum Gasteiger partial charge on any atom is -0.291 e. The van der Waals surface area contributed by atoms with Crippen LogP contribution in [0.4, 0.5) is 0 Å². The van der Waals surface area contributed by atoms with E-state index >= 15 is 0 Å². The van der Waals surface area contributed by atoms with Crippen LogP contribution in [0.1, 0.15) is 12.0 Å². The summed E-state index contributed by atoms with van der Waals surface area (Å²) >= 11 is 2.27. The number of aliphatic imine (C=N–C) groups is 1. The second-order valence-electron chi connectivity index (χ2n) is 2.46. The Morgan fingerprint density at radius 3 is 2.92 bits per heavy atom. The standard InChI is InChI=1S/C10H9IN2/c11-10-5-2-1-4-9(10)8-13-7-3-6-12/h1-2,4-5,8H,3,7H2. The van der Waals surface area contributed by atoms with Crippen molar-refractivity contribution in [3.63, 3.8) is 0 Å². The molecule has 3 heteroatoms. The van der Waals surface area contributed by atoms with E-state index in [0.717, 1.165) is 5.56 Å². The molecule has 0 aliphatic heterocycles. The first-order valence-electron chi connectivity index (χ1n) is 3.96. The molecule has 0 spiro atoms. The van der Waals surface area contributed by atoms with E-state index in [4.69, 9.17) is 5.26 Å². The minimum atomic E-state index is 0.486. The highest BCUT2D eigenvalue weighted by atomic mass is 127. The zero-order chi connectivity index (χ0) is 9.52. The van der Waals surface area contributed by atoms with Crippen LogP contribution in [0.5, 0.6) is 0 Å². The Kier molecular flexibility index (Phi) is 4.47. The van der Waals surface area contributed by atoms with E-state index in [0.29, 0.717) is 13.0 Å². The number of benzene rings is 1. The maximum atomic E-state index is 8.29. The van der Waals surface area contributed by atoms with Crippen LogP contribution in [0.25, 0.3) is 0 Å². The normalized spacial score (nSPS) is 10.2. The zero-order valence-corrected chi connectivity index (χ0v) is 9.23. The van der Waals surface area contributed by atoms with Crippen LogP contribution in [-0.2, 0) is 0 Å². The number of hydrogen-bond donors (Lipinski definition) is 0. The molecule has 0 saturated carbocycles. The highest BCUT2D eigenvalue weighted by Gasteiger charge is 1.92. The van der Waals surface area contributed by atoms with Crippen LogP contribution < -0.4 is 0 Å². The lowest BCUT2D eigenvalue weighted by Crippen LogP contribution is -1.87. The van der Waals surface area contributed by atoms with E-state index in [-0.39, 0.29) is 0 Å². The molecule has 1 aromatic carbocycles. The predicted octanol–water partition coefficient (Wildman–Crippen LogP) is 2.62. The lowest BCUT2D eigenvalue weighted by atomic mass is 10.2. The van der Waals surface area contributed by atoms with Crippen LogP contribution >= 0.6 is 22.6 Å². The largest absolute Gasteiger partial charge is 0.291 e. The summed E-state index contributed by atoms with van der Waals surface area (Å²) in [6, 6.07) is 10.1. The first kappa shape index (κ1) is 10.2. The van der Waals surface area contributed by atoms with Gasteiger partial charge in [-0.25, -0.2) is 0 Å². The van der Waals surface area contributed by atoms with Crippen molar-refractivity contribution >= 4 is 28.8 Å². The molecule has 0 saturated heterocycles. The molecule has 66 valence electrons. The van der Waals surface area contributed by atoms with E-state index in [9.17, 15) is 0 Å². The second kappa shape index (κ2) is 5.70. The third kappa shape index (κ3) is 3.55. The Labute approximate surface area is 91.4 Å². The van der Waals surface area contributed by atoms with Crippen molar-refractivity contribution in [2.75, 3.05) is 6.54 Å². The van der Waals surface area contributed by atoms with Gasteiger partial charge in [-0.2, -0.15) is 5.26 Å². The number of hydrogen-bond acceptors (Lipinski definition) is 2. The van der Waals surface area contributed by atoms with E-state index in [2.05, 4.69) is 33.7 Å². The van der Waals surface area contributed by atoms with Crippen molar-refractivity contribution in [1.29, 1.82) is 5.26 Å². The summed E-state index contributed by atoms with van der Waals surface area (Å²) in [6.45, 7) is 0.585. The van der Waals surface area contributed by atoms with Crippen LogP contribution in [0.3, 0.4) is 0 Å². The fraction of sp³-hybridized carbons (Fsp3) is 0.200. The van der Waals surface area contributed by atoms with Gasteiger partial charge >= 0.3 is 0 Å². The van der Waals surface area contributed by atoms with Gasteiger partial charge < -0.3 is 0 Å². The summed E-state index contributed by atoms with van der Waals surface area (Å²) in [4.78, 5) is 4.14. The number of nitriles is 1. The van der Waals surface area contributed by atoms with Gasteiger partial charge in [-0.15, -0.1) is 0 Å². The summed E-state index contributed by atoms with van der Waals surface area (Å²) in [5.41, 5.74) is 1.11. The van der Waals surface area contributed by atoms with Gasteiger partial charge in [0.15, 0.2) is 0 Å². The van der Waals surface area contributed by atoms with Crippen LogP contribution in [0.2, 0.25) is 0 Å². The van der Waals surface area contributed by atoms with E-state index < -0.39 is 0 Å². The molecule has 2 nitrogen and oxygen atoms in total. The van der Waals surface area contributed by atoms with Gasteiger partial charge in [-0.1, -0.05) is 18.2 Å². The molecule has 0 N–H and O–H groups in total. The minimum absolute atomic E-state index is 0.486. The second-order valence-corrected chi connectivity index (χ2v) is 3.63. The van der Waals surface area contributed by atoms with E-state index in [1.165, 1.54) is 3.57 Å². The Morgan fingerprint density at radius 1 is 1.46 bits per heavy atom. The molecule has 0 aromatic heterocycles. The zero-order valence-electron chi connectivity index (χ0n) is 7.07. The molecule has 1 aromatic rings. The Balaban J connectivity index is 2.59. The Morgan fingerprint density at radius 2 is 2.23 bits per heavy atom. The molecule has 0 unspecified atom stereocenters. The number of halogens is 1. The van der Waals surface area contributed by atoms with Crippen molar-refractivity contribution in [2.24, 2.45) is 4.99 Å². The predicted molar refractivity (Wildman–Crippen MR) is 61.9 cm³/mol. The van der Waals surface area contributed by atoms with Gasteiger partial charge in [-0.05, 0) is 28.7 Å². The SMILES string of the molecule is N#CCCN=Cc1ccccc1I. The quantitative estimate of drug-likeness (QED) is 0.477. The molecule has 13 heavy (non-hydrogen) atoms. The lowest BCUT2D eigenvalue weighted by molar-refractivity contribution is 1.02. The summed E-state index contributed by atoms with van der Waals surface area (Å²) < 4.78 is 1.18. The third-order valence-electron chi connectivity index (χ3n) is 1.49. The van der Waals surface area contributed by atoms with Crippen molar-refractivity contribution in [1.82, 2.24) is 0 Å². The van der Waals surface area contributed by atoms with E-state index in [1.807, 2.05) is 30.5 Å². The van der Waals surface area contributed by atoms with Crippen molar-refractivity contribution < 1.29 is 0 Å². The van der Waals surface area contributed by atoms with E-state index in [1.54, 1.807) is 0 Å². The highest BCUT2D eigenvalue weighted by Crippen LogP contribution is 2.08. The number of rotatable bonds is 3. The van der Waals surface area contributed by atoms with Crippen molar-refractivity contribution in [3.05, 3.63) is 33.4 Å². The Hall–Kier alpha value is -0.890. The fourth-order valence-corrected chi connectivity index (χ4v) is 1.38. The topological polar surface area (TPSA) is 36.1 Å². The summed E-state index contributed by atoms with van der Waals surface area (Å²) in [5, 5.41) is 8.29. The fourth-order valence-electron chi connectivity index (χ4n) is 0.857. The lowest BCUT2D eigenvalue weighted by Gasteiger charge is -1.95. The monoisotopic (exact) mass is 284 g/mol. The van der Waals surface area contributed by atoms with Gasteiger partial charge in [0.05, 0.1) is 19.0 Å². The molecule has 0 aliphatic carbocycles. The molecule has 0 fully saturated rings. The van der Waals surface area contributed by atoms with Crippen molar-refractivity contribution in [3.8, 4) is 6.07 Å². The highest BCUT2D eigenvalue weighted by molar-refractivity contribution is 14.1. The van der Waals surface area contributed by atoms with Gasteiger partial charge in [0, 0.05) is 15.3 Å². The maximum absolute atomic E-state index is 8.29. The number of nitrogens with zero attached hydrogens (tertiary/aromatic N) is 2. The molecule has 1 rings (SSSR count). The summed E-state index contributed by atoms with van der Waals surface area (Å²) in [7, 11) is 0. The molecule has 0 aliphatic rings. The van der Waals surface area contributed by atoms with Gasteiger partial charge in [0.2, 0.25) is 0 Å². The molecule has 0 atom stereocenters. The van der Waals surface area contributed by atoms with Crippen molar-refractivity contribution in [2.45, 2.75) is 6.42 Å². The van der Waals surface area contributed by atoms with Gasteiger partial charge in [-0.3, -0.25) is 4.99 Å². The average Bonchev–Trinajstić information content (AvgIpc) is 2.15. The first-order chi connectivity index (χ1) is 6.34. The molecular formula is C10H9IN2. The van der Waals surface area contributed by atoms with Crippen LogP contribution in [0.15, 0.2) is 29.3 Å². The summed E-state index contributed by atoms with van der Waals surface area (Å²) in [6.07, 6.45) is 2.30. The molecule has 0 amide bonds. The van der Waals surface area contributed by atoms with Crippen LogP contribution in [-0.4, -0.2) is 12.8 Å². The Bertz CT molecular complexity index is 339. The molecular weight excluding hydrogens is 275 g/mol.